The summed E-state index contributed by atoms with van der Waals surface area (Å²) in [6.45, 7) is 3.07. The molecule has 0 aliphatic heterocycles. The van der Waals surface area contributed by atoms with Gasteiger partial charge in [-0.2, -0.15) is 0 Å². The third-order valence-electron chi connectivity index (χ3n) is 3.95. The molecule has 1 aliphatic rings. The smallest absolute Gasteiger partial charge is 0.326 e. The van der Waals surface area contributed by atoms with Crippen LogP contribution in [0.3, 0.4) is 0 Å². The van der Waals surface area contributed by atoms with Crippen molar-refractivity contribution in [1.29, 1.82) is 0 Å². The Morgan fingerprint density at radius 3 is 2.50 bits per heavy atom. The van der Waals surface area contributed by atoms with Crippen LogP contribution in [0.15, 0.2) is 0 Å². The van der Waals surface area contributed by atoms with Gasteiger partial charge in [-0.1, -0.05) is 26.2 Å². The zero-order chi connectivity index (χ0) is 15.0. The second kappa shape index (κ2) is 8.09. The molecule has 20 heavy (non-hydrogen) atoms. The molecule has 0 aromatic heterocycles. The van der Waals surface area contributed by atoms with Gasteiger partial charge in [-0.3, -0.25) is 0 Å². The van der Waals surface area contributed by atoms with Crippen molar-refractivity contribution in [3.8, 4) is 0 Å². The fraction of sp³-hybridized carbons (Fsp3) is 0.857. The zero-order valence-electron chi connectivity index (χ0n) is 12.4. The van der Waals surface area contributed by atoms with E-state index in [0.717, 1.165) is 12.8 Å². The summed E-state index contributed by atoms with van der Waals surface area (Å²) in [5, 5.41) is 14.3. The SMILES string of the molecule is COCCC(NC(=O)NCC1(C)CCCCC1)C(=O)O. The molecule has 0 aromatic carbocycles. The number of aliphatic carboxylic acids is 1. The van der Waals surface area contributed by atoms with Gasteiger partial charge in [0.15, 0.2) is 0 Å². The predicted molar refractivity (Wildman–Crippen MR) is 75.6 cm³/mol. The summed E-state index contributed by atoms with van der Waals surface area (Å²) in [4.78, 5) is 22.8. The molecule has 6 nitrogen and oxygen atoms in total. The van der Waals surface area contributed by atoms with Crippen molar-refractivity contribution in [1.82, 2.24) is 10.6 Å². The average Bonchev–Trinajstić information content (AvgIpc) is 2.42. The van der Waals surface area contributed by atoms with Gasteiger partial charge in [-0.05, 0) is 18.3 Å². The number of hydrogen-bond acceptors (Lipinski definition) is 3. The van der Waals surface area contributed by atoms with Gasteiger partial charge in [0, 0.05) is 26.7 Å². The summed E-state index contributed by atoms with van der Waals surface area (Å²) in [5.74, 6) is -1.04. The van der Waals surface area contributed by atoms with Crippen molar-refractivity contribution in [3.05, 3.63) is 0 Å². The fourth-order valence-corrected chi connectivity index (χ4v) is 2.58. The van der Waals surface area contributed by atoms with Crippen LogP contribution >= 0.6 is 0 Å². The third kappa shape index (κ3) is 5.77. The number of urea groups is 1. The van der Waals surface area contributed by atoms with E-state index in [1.165, 1.54) is 26.4 Å². The average molecular weight is 286 g/mol. The Kier molecular flexibility index (Phi) is 6.78. The molecule has 1 aliphatic carbocycles. The lowest BCUT2D eigenvalue weighted by atomic mass is 9.76. The van der Waals surface area contributed by atoms with Crippen LogP contribution in [0.1, 0.15) is 45.4 Å². The molecule has 1 saturated carbocycles. The molecule has 3 N–H and O–H groups in total. The normalized spacial score (nSPS) is 19.1. The van der Waals surface area contributed by atoms with Crippen molar-refractivity contribution >= 4 is 12.0 Å². The van der Waals surface area contributed by atoms with Crippen LogP contribution in [-0.4, -0.2) is 43.4 Å². The molecule has 0 saturated heterocycles. The van der Waals surface area contributed by atoms with Crippen molar-refractivity contribution in [2.24, 2.45) is 5.41 Å². The summed E-state index contributed by atoms with van der Waals surface area (Å²) in [5.41, 5.74) is 0.140. The first-order chi connectivity index (χ1) is 9.47. The first-order valence-electron chi connectivity index (χ1n) is 7.23. The van der Waals surface area contributed by atoms with Gasteiger partial charge in [0.2, 0.25) is 0 Å². The summed E-state index contributed by atoms with van der Waals surface area (Å²) in [7, 11) is 1.50. The second-order valence-electron chi connectivity index (χ2n) is 5.87. The number of hydrogen-bond donors (Lipinski definition) is 3. The van der Waals surface area contributed by atoms with E-state index in [-0.39, 0.29) is 11.8 Å². The van der Waals surface area contributed by atoms with E-state index in [2.05, 4.69) is 17.6 Å². The van der Waals surface area contributed by atoms with Crippen LogP contribution in [0.25, 0.3) is 0 Å². The molecule has 1 unspecified atom stereocenters. The minimum absolute atomic E-state index is 0.140. The molecule has 1 fully saturated rings. The van der Waals surface area contributed by atoms with Crippen LogP contribution in [0.5, 0.6) is 0 Å². The van der Waals surface area contributed by atoms with Crippen molar-refractivity contribution in [2.45, 2.75) is 51.5 Å². The molecular weight excluding hydrogens is 260 g/mol. The van der Waals surface area contributed by atoms with Gasteiger partial charge in [0.25, 0.3) is 0 Å². The first-order valence-corrected chi connectivity index (χ1v) is 7.23. The number of carboxylic acids is 1. The number of carbonyl (C=O) groups excluding carboxylic acids is 1. The minimum atomic E-state index is -1.04. The van der Waals surface area contributed by atoms with Crippen LogP contribution in [-0.2, 0) is 9.53 Å². The Balaban J connectivity index is 2.35. The van der Waals surface area contributed by atoms with Crippen molar-refractivity contribution in [3.63, 3.8) is 0 Å². The molecule has 1 rings (SSSR count). The summed E-state index contributed by atoms with van der Waals surface area (Å²) in [6.07, 6.45) is 6.14. The Bertz CT molecular complexity index is 327. The Morgan fingerprint density at radius 1 is 1.30 bits per heavy atom. The molecule has 2 amide bonds. The highest BCUT2D eigenvalue weighted by Crippen LogP contribution is 2.34. The van der Waals surface area contributed by atoms with Gasteiger partial charge < -0.3 is 20.5 Å². The molecule has 0 spiro atoms. The topological polar surface area (TPSA) is 87.7 Å². The standard InChI is InChI=1S/C14H26N2O4/c1-14(7-4-3-5-8-14)10-15-13(19)16-11(12(17)18)6-9-20-2/h11H,3-10H2,1-2H3,(H,17,18)(H2,15,16,19). The largest absolute Gasteiger partial charge is 0.480 e. The van der Waals surface area contributed by atoms with Crippen LogP contribution in [0, 0.1) is 5.41 Å². The molecule has 1 atom stereocenters. The van der Waals surface area contributed by atoms with Gasteiger partial charge in [-0.25, -0.2) is 9.59 Å². The van der Waals surface area contributed by atoms with Gasteiger partial charge >= 0.3 is 12.0 Å². The molecule has 0 bridgehead atoms. The van der Waals surface area contributed by atoms with E-state index in [9.17, 15) is 9.59 Å². The quantitative estimate of drug-likeness (QED) is 0.665. The predicted octanol–water partition coefficient (Wildman–Crippen LogP) is 1.75. The van der Waals surface area contributed by atoms with Crippen LogP contribution in [0.2, 0.25) is 0 Å². The highest BCUT2D eigenvalue weighted by atomic mass is 16.5. The maximum absolute atomic E-state index is 11.8. The molecule has 6 heteroatoms. The van der Waals surface area contributed by atoms with E-state index in [1.807, 2.05) is 0 Å². The third-order valence-corrected chi connectivity index (χ3v) is 3.95. The Morgan fingerprint density at radius 2 is 1.95 bits per heavy atom. The van der Waals surface area contributed by atoms with E-state index in [4.69, 9.17) is 9.84 Å². The van der Waals surface area contributed by atoms with Gasteiger partial charge in [0.1, 0.15) is 6.04 Å². The lowest BCUT2D eigenvalue weighted by Crippen LogP contribution is -2.49. The zero-order valence-corrected chi connectivity index (χ0v) is 12.4. The summed E-state index contributed by atoms with van der Waals surface area (Å²) < 4.78 is 4.84. The molecule has 0 radical (unpaired) electrons. The minimum Gasteiger partial charge on any atom is -0.480 e. The Labute approximate surface area is 120 Å². The number of carboxylic acid groups (broad SMARTS) is 1. The van der Waals surface area contributed by atoms with Crippen LogP contribution in [0.4, 0.5) is 4.79 Å². The van der Waals surface area contributed by atoms with Crippen molar-refractivity contribution < 1.29 is 19.4 Å². The van der Waals surface area contributed by atoms with E-state index in [1.54, 1.807) is 0 Å². The number of carbonyl (C=O) groups is 2. The van der Waals surface area contributed by atoms with Crippen molar-refractivity contribution in [2.75, 3.05) is 20.3 Å². The first kappa shape index (κ1) is 16.8. The molecular formula is C14H26N2O4. The number of nitrogens with one attached hydrogen (secondary N) is 2. The Hall–Kier alpha value is -1.30. The second-order valence-corrected chi connectivity index (χ2v) is 5.87. The molecule has 0 heterocycles. The number of rotatable bonds is 7. The van der Waals surface area contributed by atoms with E-state index < -0.39 is 18.0 Å². The lowest BCUT2D eigenvalue weighted by Gasteiger charge is -2.33. The lowest BCUT2D eigenvalue weighted by molar-refractivity contribution is -0.139. The highest BCUT2D eigenvalue weighted by Gasteiger charge is 2.27. The molecule has 0 aromatic rings. The van der Waals surface area contributed by atoms with Gasteiger partial charge in [0.05, 0.1) is 0 Å². The maximum Gasteiger partial charge on any atom is 0.326 e. The number of ether oxygens (including phenoxy) is 1. The number of methoxy groups -OCH3 is 1. The van der Waals surface area contributed by atoms with E-state index in [0.29, 0.717) is 13.2 Å². The maximum atomic E-state index is 11.8. The number of amides is 2. The van der Waals surface area contributed by atoms with Gasteiger partial charge in [-0.15, -0.1) is 0 Å². The highest BCUT2D eigenvalue weighted by molar-refractivity contribution is 5.82. The summed E-state index contributed by atoms with van der Waals surface area (Å²) >= 11 is 0. The monoisotopic (exact) mass is 286 g/mol. The summed E-state index contributed by atoms with van der Waals surface area (Å²) in [6, 6.07) is -1.32. The van der Waals surface area contributed by atoms with E-state index >= 15 is 0 Å². The van der Waals surface area contributed by atoms with Crippen LogP contribution < -0.4 is 10.6 Å². The fourth-order valence-electron chi connectivity index (χ4n) is 2.58. The molecule has 116 valence electrons.